The van der Waals surface area contributed by atoms with E-state index in [1.807, 2.05) is 20.8 Å². The Kier molecular flexibility index (Phi) is 5.92. The van der Waals surface area contributed by atoms with Crippen LogP contribution in [0.25, 0.3) is 5.69 Å². The highest BCUT2D eigenvalue weighted by Gasteiger charge is 2.40. The Morgan fingerprint density at radius 2 is 1.81 bits per heavy atom. The van der Waals surface area contributed by atoms with Crippen LogP contribution in [-0.4, -0.2) is 32.8 Å². The van der Waals surface area contributed by atoms with Crippen LogP contribution < -0.4 is 5.32 Å². The zero-order valence-electron chi connectivity index (χ0n) is 15.0. The van der Waals surface area contributed by atoms with Crippen molar-refractivity contribution in [3.63, 3.8) is 0 Å². The van der Waals surface area contributed by atoms with Crippen molar-refractivity contribution in [3.05, 3.63) is 47.3 Å². The SMILES string of the molecule is CCC(NC(=O)c1ccc(-n2ncc(C(=O)O)c2C(F)(F)F)cc1)C(C)C. The van der Waals surface area contributed by atoms with E-state index < -0.39 is 23.4 Å². The standard InChI is InChI=1S/C18H20F3N3O3/c1-4-14(10(2)3)23-16(25)11-5-7-12(8-6-11)24-15(18(19,20)21)13(9-22-24)17(26)27/h5-10,14H,4H2,1-3H3,(H,23,25)(H,26,27). The minimum absolute atomic E-state index is 0.00211. The largest absolute Gasteiger partial charge is 0.478 e. The van der Waals surface area contributed by atoms with Crippen LogP contribution in [0.5, 0.6) is 0 Å². The van der Waals surface area contributed by atoms with Crippen LogP contribution in [-0.2, 0) is 6.18 Å². The zero-order chi connectivity index (χ0) is 20.4. The molecule has 1 atom stereocenters. The molecule has 0 spiro atoms. The van der Waals surface area contributed by atoms with E-state index in [9.17, 15) is 22.8 Å². The number of benzene rings is 1. The monoisotopic (exact) mass is 383 g/mol. The smallest absolute Gasteiger partial charge is 0.434 e. The van der Waals surface area contributed by atoms with Crippen molar-refractivity contribution >= 4 is 11.9 Å². The van der Waals surface area contributed by atoms with Crippen LogP contribution in [0, 0.1) is 5.92 Å². The third-order valence-corrected chi connectivity index (χ3v) is 4.20. The normalized spacial score (nSPS) is 12.9. The second-order valence-corrected chi connectivity index (χ2v) is 6.40. The molecular weight excluding hydrogens is 363 g/mol. The summed E-state index contributed by atoms with van der Waals surface area (Å²) < 4.78 is 40.3. The number of rotatable bonds is 6. The molecule has 1 unspecified atom stereocenters. The molecule has 2 rings (SSSR count). The van der Waals surface area contributed by atoms with Crippen molar-refractivity contribution in [1.82, 2.24) is 15.1 Å². The number of amides is 1. The number of hydrogen-bond acceptors (Lipinski definition) is 3. The Balaban J connectivity index is 2.33. The summed E-state index contributed by atoms with van der Waals surface area (Å²) in [6.45, 7) is 5.91. The predicted molar refractivity (Wildman–Crippen MR) is 91.9 cm³/mol. The lowest BCUT2D eigenvalue weighted by molar-refractivity contribution is -0.143. The molecule has 0 aliphatic carbocycles. The number of aromatic nitrogens is 2. The summed E-state index contributed by atoms with van der Waals surface area (Å²) in [5, 5.41) is 15.4. The summed E-state index contributed by atoms with van der Waals surface area (Å²) >= 11 is 0. The number of carboxylic acids is 1. The minimum atomic E-state index is -4.90. The molecule has 0 fully saturated rings. The van der Waals surface area contributed by atoms with E-state index in [2.05, 4.69) is 10.4 Å². The molecule has 1 aromatic heterocycles. The van der Waals surface area contributed by atoms with Crippen LogP contribution in [0.1, 0.15) is 53.6 Å². The highest BCUT2D eigenvalue weighted by molar-refractivity contribution is 5.94. The summed E-state index contributed by atoms with van der Waals surface area (Å²) in [5.74, 6) is -1.81. The van der Waals surface area contributed by atoms with E-state index in [0.29, 0.717) is 10.9 Å². The van der Waals surface area contributed by atoms with Crippen LogP contribution in [0.2, 0.25) is 0 Å². The second-order valence-electron chi connectivity index (χ2n) is 6.40. The molecule has 1 amide bonds. The summed E-state index contributed by atoms with van der Waals surface area (Å²) in [5.41, 5.74) is -2.02. The van der Waals surface area contributed by atoms with Gasteiger partial charge in [-0.1, -0.05) is 20.8 Å². The number of carbonyl (C=O) groups excluding carboxylic acids is 1. The Morgan fingerprint density at radius 1 is 1.22 bits per heavy atom. The maximum absolute atomic E-state index is 13.3. The van der Waals surface area contributed by atoms with Crippen molar-refractivity contribution in [3.8, 4) is 5.69 Å². The first-order valence-corrected chi connectivity index (χ1v) is 8.36. The van der Waals surface area contributed by atoms with Gasteiger partial charge in [-0.25, -0.2) is 9.48 Å². The van der Waals surface area contributed by atoms with Gasteiger partial charge in [-0.2, -0.15) is 18.3 Å². The third kappa shape index (κ3) is 4.47. The van der Waals surface area contributed by atoms with E-state index in [1.165, 1.54) is 24.3 Å². The molecule has 0 radical (unpaired) electrons. The van der Waals surface area contributed by atoms with Gasteiger partial charge in [-0.3, -0.25) is 4.79 Å². The summed E-state index contributed by atoms with van der Waals surface area (Å²) in [6.07, 6.45) is -3.49. The quantitative estimate of drug-likeness (QED) is 0.796. The van der Waals surface area contributed by atoms with Crippen molar-refractivity contribution in [2.75, 3.05) is 0 Å². The molecule has 0 aliphatic heterocycles. The Labute approximate surface area is 154 Å². The highest BCUT2D eigenvalue weighted by Crippen LogP contribution is 2.33. The van der Waals surface area contributed by atoms with Crippen molar-refractivity contribution < 1.29 is 27.9 Å². The number of nitrogens with zero attached hydrogens (tertiary/aromatic N) is 2. The summed E-state index contributed by atoms with van der Waals surface area (Å²) in [7, 11) is 0. The fraction of sp³-hybridized carbons (Fsp3) is 0.389. The van der Waals surface area contributed by atoms with E-state index in [1.54, 1.807) is 0 Å². The van der Waals surface area contributed by atoms with E-state index in [4.69, 9.17) is 5.11 Å². The molecule has 0 bridgehead atoms. The molecule has 146 valence electrons. The van der Waals surface area contributed by atoms with Gasteiger partial charge >= 0.3 is 12.1 Å². The number of nitrogens with one attached hydrogen (secondary N) is 1. The van der Waals surface area contributed by atoms with Gasteiger partial charge in [-0.05, 0) is 36.6 Å². The fourth-order valence-electron chi connectivity index (χ4n) is 2.72. The first-order valence-electron chi connectivity index (χ1n) is 8.36. The van der Waals surface area contributed by atoms with Crippen LogP contribution in [0.3, 0.4) is 0 Å². The number of hydrogen-bond donors (Lipinski definition) is 2. The lowest BCUT2D eigenvalue weighted by atomic mass is 10.0. The molecule has 0 saturated heterocycles. The molecule has 9 heteroatoms. The van der Waals surface area contributed by atoms with E-state index in [0.717, 1.165) is 6.42 Å². The fourth-order valence-corrected chi connectivity index (χ4v) is 2.72. The molecule has 27 heavy (non-hydrogen) atoms. The molecular formula is C18H20F3N3O3. The van der Waals surface area contributed by atoms with E-state index in [-0.39, 0.29) is 29.1 Å². The molecule has 1 aromatic carbocycles. The Bertz CT molecular complexity index is 827. The summed E-state index contributed by atoms with van der Waals surface area (Å²) in [4.78, 5) is 23.3. The molecule has 0 saturated carbocycles. The van der Waals surface area contributed by atoms with Crippen molar-refractivity contribution in [2.24, 2.45) is 5.92 Å². The first-order chi connectivity index (χ1) is 12.6. The molecule has 2 N–H and O–H groups in total. The summed E-state index contributed by atoms with van der Waals surface area (Å²) in [6, 6.07) is 5.32. The number of alkyl halides is 3. The van der Waals surface area contributed by atoms with Gasteiger partial charge < -0.3 is 10.4 Å². The van der Waals surface area contributed by atoms with Crippen molar-refractivity contribution in [1.29, 1.82) is 0 Å². The molecule has 2 aromatic rings. The number of carboxylic acid groups (broad SMARTS) is 1. The third-order valence-electron chi connectivity index (χ3n) is 4.20. The van der Waals surface area contributed by atoms with Crippen LogP contribution >= 0.6 is 0 Å². The van der Waals surface area contributed by atoms with Gasteiger partial charge in [0.15, 0.2) is 5.69 Å². The zero-order valence-corrected chi connectivity index (χ0v) is 15.0. The van der Waals surface area contributed by atoms with Crippen molar-refractivity contribution in [2.45, 2.75) is 39.4 Å². The molecule has 1 heterocycles. The van der Waals surface area contributed by atoms with Gasteiger partial charge in [0, 0.05) is 11.6 Å². The Morgan fingerprint density at radius 3 is 2.26 bits per heavy atom. The maximum atomic E-state index is 13.3. The average Bonchev–Trinajstić information content (AvgIpc) is 3.05. The van der Waals surface area contributed by atoms with E-state index >= 15 is 0 Å². The molecule has 6 nitrogen and oxygen atoms in total. The van der Waals surface area contributed by atoms with Gasteiger partial charge in [-0.15, -0.1) is 0 Å². The lowest BCUT2D eigenvalue weighted by Crippen LogP contribution is -2.37. The number of aromatic carboxylic acids is 1. The number of halogens is 3. The molecule has 0 aliphatic rings. The Hall–Kier alpha value is -2.84. The first kappa shape index (κ1) is 20.5. The van der Waals surface area contributed by atoms with Gasteiger partial charge in [0.2, 0.25) is 0 Å². The highest BCUT2D eigenvalue weighted by atomic mass is 19.4. The van der Waals surface area contributed by atoms with Crippen LogP contribution in [0.4, 0.5) is 13.2 Å². The maximum Gasteiger partial charge on any atom is 0.434 e. The van der Waals surface area contributed by atoms with Crippen LogP contribution in [0.15, 0.2) is 30.5 Å². The minimum Gasteiger partial charge on any atom is -0.478 e. The van der Waals surface area contributed by atoms with Gasteiger partial charge in [0.1, 0.15) is 5.56 Å². The average molecular weight is 383 g/mol. The van der Waals surface area contributed by atoms with Gasteiger partial charge in [0.25, 0.3) is 5.91 Å². The number of carbonyl (C=O) groups is 2. The lowest BCUT2D eigenvalue weighted by Gasteiger charge is -2.20. The topological polar surface area (TPSA) is 84.2 Å². The predicted octanol–water partition coefficient (Wildman–Crippen LogP) is 3.75. The van der Waals surface area contributed by atoms with Gasteiger partial charge in [0.05, 0.1) is 11.9 Å². The second kappa shape index (κ2) is 7.81.